The first-order valence-corrected chi connectivity index (χ1v) is 9.69. The minimum absolute atomic E-state index is 0.258. The molecule has 0 fully saturated rings. The summed E-state index contributed by atoms with van der Waals surface area (Å²) in [6.45, 7) is 0. The minimum Gasteiger partial charge on any atom is -0.497 e. The summed E-state index contributed by atoms with van der Waals surface area (Å²) in [4.78, 5) is 28.0. The molecule has 1 aromatic heterocycles. The zero-order valence-corrected chi connectivity index (χ0v) is 17.9. The molecular weight excluding hydrogens is 410 g/mol. The van der Waals surface area contributed by atoms with Crippen molar-refractivity contribution < 1.29 is 23.8 Å². The fourth-order valence-corrected chi connectivity index (χ4v) is 2.79. The highest BCUT2D eigenvalue weighted by Gasteiger charge is 2.07. The molecule has 0 saturated carbocycles. The number of amides is 2. The van der Waals surface area contributed by atoms with Gasteiger partial charge in [-0.05, 0) is 54.6 Å². The Balaban J connectivity index is 1.63. The Morgan fingerprint density at radius 2 is 1.66 bits per heavy atom. The first-order valence-electron chi connectivity index (χ1n) is 9.69. The molecule has 2 aromatic carbocycles. The van der Waals surface area contributed by atoms with E-state index in [4.69, 9.17) is 14.2 Å². The van der Waals surface area contributed by atoms with E-state index in [-0.39, 0.29) is 17.5 Å². The number of aromatic nitrogens is 1. The average molecular weight is 433 g/mol. The highest BCUT2D eigenvalue weighted by molar-refractivity contribution is 6.02. The maximum absolute atomic E-state index is 12.3. The number of carbonyl (C=O) groups is 2. The summed E-state index contributed by atoms with van der Waals surface area (Å²) >= 11 is 0. The third kappa shape index (κ3) is 5.85. The summed E-state index contributed by atoms with van der Waals surface area (Å²) < 4.78 is 16.3. The molecule has 0 radical (unpaired) electrons. The van der Waals surface area contributed by atoms with Gasteiger partial charge < -0.3 is 24.8 Å². The number of carbonyl (C=O) groups excluding carboxylic acids is 2. The number of ether oxygens (including phenoxy) is 3. The van der Waals surface area contributed by atoms with Crippen LogP contribution in [0.3, 0.4) is 0 Å². The van der Waals surface area contributed by atoms with Gasteiger partial charge in [0.25, 0.3) is 5.91 Å². The Bertz CT molecular complexity index is 1130. The molecule has 0 aliphatic carbocycles. The molecule has 0 atom stereocenters. The molecule has 3 rings (SSSR count). The van der Waals surface area contributed by atoms with E-state index in [1.165, 1.54) is 19.3 Å². The van der Waals surface area contributed by atoms with Crippen LogP contribution < -0.4 is 24.8 Å². The lowest BCUT2D eigenvalue weighted by molar-refractivity contribution is -0.111. The Morgan fingerprint density at radius 3 is 2.34 bits per heavy atom. The standard InChI is InChI=1S/C24H23N3O5/c1-25-24(29)21-15-20(12-13-26-21)32-18-7-5-17(6-8-18)27-23(28)11-4-16-14-19(30-2)9-10-22(16)31-3/h4-15H,1-3H3,(H,25,29)(H,27,28)/b11-4+. The van der Waals surface area contributed by atoms with Crippen LogP contribution >= 0.6 is 0 Å². The molecule has 0 unspecified atom stereocenters. The van der Waals surface area contributed by atoms with Gasteiger partial charge in [-0.15, -0.1) is 0 Å². The number of nitrogens with zero attached hydrogens (tertiary/aromatic N) is 1. The van der Waals surface area contributed by atoms with Crippen molar-refractivity contribution in [1.82, 2.24) is 10.3 Å². The molecule has 0 aliphatic rings. The summed E-state index contributed by atoms with van der Waals surface area (Å²) in [6.07, 6.45) is 4.57. The fourth-order valence-electron chi connectivity index (χ4n) is 2.79. The molecule has 8 heteroatoms. The lowest BCUT2D eigenvalue weighted by atomic mass is 10.1. The quantitative estimate of drug-likeness (QED) is 0.523. The number of hydrogen-bond acceptors (Lipinski definition) is 6. The van der Waals surface area contributed by atoms with Crippen molar-refractivity contribution >= 4 is 23.6 Å². The summed E-state index contributed by atoms with van der Waals surface area (Å²) in [6, 6.07) is 15.4. The minimum atomic E-state index is -0.298. The SMILES string of the molecule is CNC(=O)c1cc(Oc2ccc(NC(=O)/C=C/c3cc(OC)ccc3OC)cc2)ccn1. The topological polar surface area (TPSA) is 98.8 Å². The largest absolute Gasteiger partial charge is 0.497 e. The molecular formula is C24H23N3O5. The van der Waals surface area contributed by atoms with E-state index in [9.17, 15) is 9.59 Å². The van der Waals surface area contributed by atoms with Gasteiger partial charge in [0.1, 0.15) is 28.7 Å². The van der Waals surface area contributed by atoms with Gasteiger partial charge in [-0.2, -0.15) is 0 Å². The third-order valence-electron chi connectivity index (χ3n) is 4.40. The molecule has 32 heavy (non-hydrogen) atoms. The second-order valence-corrected chi connectivity index (χ2v) is 6.51. The van der Waals surface area contributed by atoms with Crippen LogP contribution in [0.2, 0.25) is 0 Å². The second kappa shape index (κ2) is 10.6. The molecule has 3 aromatic rings. The summed E-state index contributed by atoms with van der Waals surface area (Å²) in [5, 5.41) is 5.30. The average Bonchev–Trinajstić information content (AvgIpc) is 2.83. The van der Waals surface area contributed by atoms with Crippen molar-refractivity contribution in [3.8, 4) is 23.0 Å². The van der Waals surface area contributed by atoms with Crippen molar-refractivity contribution in [2.45, 2.75) is 0 Å². The van der Waals surface area contributed by atoms with Gasteiger partial charge in [0.05, 0.1) is 14.2 Å². The predicted octanol–water partition coefficient (Wildman–Crippen LogP) is 3.90. The molecule has 2 N–H and O–H groups in total. The number of hydrogen-bond donors (Lipinski definition) is 2. The Hall–Kier alpha value is -4.33. The molecule has 1 heterocycles. The highest BCUT2D eigenvalue weighted by Crippen LogP contribution is 2.26. The Morgan fingerprint density at radius 1 is 0.906 bits per heavy atom. The van der Waals surface area contributed by atoms with Crippen molar-refractivity contribution in [3.63, 3.8) is 0 Å². The van der Waals surface area contributed by atoms with Crippen molar-refractivity contribution in [1.29, 1.82) is 0 Å². The van der Waals surface area contributed by atoms with E-state index in [0.29, 0.717) is 28.7 Å². The van der Waals surface area contributed by atoms with E-state index >= 15 is 0 Å². The number of anilines is 1. The number of benzene rings is 2. The van der Waals surface area contributed by atoms with Crippen LogP contribution in [-0.4, -0.2) is 38.1 Å². The lowest BCUT2D eigenvalue weighted by Crippen LogP contribution is -2.18. The van der Waals surface area contributed by atoms with Crippen LogP contribution in [0.4, 0.5) is 5.69 Å². The normalized spacial score (nSPS) is 10.5. The van der Waals surface area contributed by atoms with Crippen LogP contribution in [0, 0.1) is 0 Å². The zero-order valence-electron chi connectivity index (χ0n) is 17.9. The van der Waals surface area contributed by atoms with E-state index in [1.807, 2.05) is 0 Å². The first kappa shape index (κ1) is 22.4. The van der Waals surface area contributed by atoms with Crippen LogP contribution in [0.25, 0.3) is 6.08 Å². The van der Waals surface area contributed by atoms with Crippen LogP contribution in [0.15, 0.2) is 66.9 Å². The lowest BCUT2D eigenvalue weighted by Gasteiger charge is -2.08. The van der Waals surface area contributed by atoms with Gasteiger partial charge in [0, 0.05) is 36.6 Å². The van der Waals surface area contributed by atoms with Gasteiger partial charge in [-0.1, -0.05) is 0 Å². The second-order valence-electron chi connectivity index (χ2n) is 6.51. The van der Waals surface area contributed by atoms with Gasteiger partial charge >= 0.3 is 0 Å². The van der Waals surface area contributed by atoms with Gasteiger partial charge in [0.15, 0.2) is 0 Å². The van der Waals surface area contributed by atoms with Crippen LogP contribution in [-0.2, 0) is 4.79 Å². The number of methoxy groups -OCH3 is 2. The molecule has 0 saturated heterocycles. The monoisotopic (exact) mass is 433 g/mol. The molecule has 8 nitrogen and oxygen atoms in total. The molecule has 0 spiro atoms. The smallest absolute Gasteiger partial charge is 0.269 e. The van der Waals surface area contributed by atoms with E-state index < -0.39 is 0 Å². The first-order chi connectivity index (χ1) is 15.5. The van der Waals surface area contributed by atoms with Crippen LogP contribution in [0.5, 0.6) is 23.0 Å². The molecule has 2 amide bonds. The number of pyridine rings is 1. The maximum atomic E-state index is 12.3. The predicted molar refractivity (Wildman–Crippen MR) is 121 cm³/mol. The summed E-state index contributed by atoms with van der Waals surface area (Å²) in [5.74, 6) is 1.73. The molecule has 0 bridgehead atoms. The molecule has 164 valence electrons. The van der Waals surface area contributed by atoms with Crippen molar-refractivity contribution in [3.05, 3.63) is 78.1 Å². The Kier molecular flexibility index (Phi) is 7.42. The van der Waals surface area contributed by atoms with Gasteiger partial charge in [-0.25, -0.2) is 0 Å². The number of nitrogens with one attached hydrogen (secondary N) is 2. The zero-order chi connectivity index (χ0) is 22.9. The molecule has 0 aliphatic heterocycles. The highest BCUT2D eigenvalue weighted by atomic mass is 16.5. The van der Waals surface area contributed by atoms with Crippen LogP contribution in [0.1, 0.15) is 16.1 Å². The van der Waals surface area contributed by atoms with Gasteiger partial charge in [0.2, 0.25) is 5.91 Å². The van der Waals surface area contributed by atoms with Gasteiger partial charge in [-0.3, -0.25) is 14.6 Å². The number of rotatable bonds is 8. The third-order valence-corrected chi connectivity index (χ3v) is 4.40. The van der Waals surface area contributed by atoms with E-state index in [2.05, 4.69) is 15.6 Å². The Labute approximate surface area is 185 Å². The van der Waals surface area contributed by atoms with Crippen molar-refractivity contribution in [2.75, 3.05) is 26.6 Å². The van der Waals surface area contributed by atoms with E-state index in [1.54, 1.807) is 74.9 Å². The maximum Gasteiger partial charge on any atom is 0.269 e. The fraction of sp³-hybridized carbons (Fsp3) is 0.125. The van der Waals surface area contributed by atoms with E-state index in [0.717, 1.165) is 5.56 Å². The van der Waals surface area contributed by atoms with Crippen molar-refractivity contribution in [2.24, 2.45) is 0 Å². The summed E-state index contributed by atoms with van der Waals surface area (Å²) in [5.41, 5.74) is 1.58. The summed E-state index contributed by atoms with van der Waals surface area (Å²) in [7, 11) is 4.67.